The van der Waals surface area contributed by atoms with Gasteiger partial charge in [-0.2, -0.15) is 4.68 Å². The first-order chi connectivity index (χ1) is 12.3. The molecule has 1 saturated heterocycles. The molecule has 1 atom stereocenters. The molecule has 1 aliphatic rings. The van der Waals surface area contributed by atoms with Crippen molar-refractivity contribution in [2.75, 3.05) is 31.1 Å². The first kappa shape index (κ1) is 15.8. The minimum absolute atomic E-state index is 0.488. The van der Waals surface area contributed by atoms with Crippen molar-refractivity contribution in [1.29, 1.82) is 0 Å². The van der Waals surface area contributed by atoms with Crippen molar-refractivity contribution in [2.45, 2.75) is 12.6 Å². The van der Waals surface area contributed by atoms with Crippen molar-refractivity contribution in [3.05, 3.63) is 54.5 Å². The van der Waals surface area contributed by atoms with Crippen LogP contribution in [0, 0.1) is 0 Å². The van der Waals surface area contributed by atoms with E-state index in [1.165, 1.54) is 0 Å². The van der Waals surface area contributed by atoms with Crippen molar-refractivity contribution in [1.82, 2.24) is 25.1 Å². The van der Waals surface area contributed by atoms with Gasteiger partial charge < -0.3 is 14.4 Å². The van der Waals surface area contributed by atoms with Crippen LogP contribution in [0.5, 0.6) is 0 Å². The summed E-state index contributed by atoms with van der Waals surface area (Å²) in [7, 11) is 0. The first-order valence-corrected chi connectivity index (χ1v) is 8.31. The lowest BCUT2D eigenvalue weighted by molar-refractivity contribution is 0.125. The van der Waals surface area contributed by atoms with Gasteiger partial charge in [-0.25, -0.2) is 0 Å². The highest BCUT2D eigenvalue weighted by Gasteiger charge is 2.25. The van der Waals surface area contributed by atoms with Crippen LogP contribution >= 0.6 is 0 Å². The van der Waals surface area contributed by atoms with Crippen LogP contribution in [0.15, 0.2) is 53.1 Å². The maximum Gasteiger partial charge on any atom is 0.250 e. The van der Waals surface area contributed by atoms with E-state index in [-0.39, 0.29) is 0 Å². The summed E-state index contributed by atoms with van der Waals surface area (Å²) < 4.78 is 7.12. The standard InChI is InChI=1S/C17H20N6O2/c24-15-11-21(13-16-7-4-10-25-16)8-9-22(12-15)17-18-19-20-23(17)14-5-2-1-3-6-14/h1-7,10,15,24H,8-9,11-13H2/t15-/m1/s1. The lowest BCUT2D eigenvalue weighted by Crippen LogP contribution is -2.34. The number of β-amino-alcohol motifs (C(OH)–C–C–N with tert-alkyl or cyclic N) is 1. The van der Waals surface area contributed by atoms with Crippen molar-refractivity contribution >= 4 is 5.95 Å². The zero-order valence-electron chi connectivity index (χ0n) is 13.8. The molecule has 0 unspecified atom stereocenters. The molecule has 0 spiro atoms. The molecule has 4 rings (SSSR count). The quantitative estimate of drug-likeness (QED) is 0.757. The number of hydrogen-bond acceptors (Lipinski definition) is 7. The van der Waals surface area contributed by atoms with Gasteiger partial charge in [0.25, 0.3) is 5.95 Å². The van der Waals surface area contributed by atoms with Crippen molar-refractivity contribution < 1.29 is 9.52 Å². The third-order valence-electron chi connectivity index (χ3n) is 4.28. The highest BCUT2D eigenvalue weighted by molar-refractivity contribution is 5.40. The summed E-state index contributed by atoms with van der Waals surface area (Å²) in [5.41, 5.74) is 0.897. The molecule has 0 saturated carbocycles. The Morgan fingerprint density at radius 1 is 1.08 bits per heavy atom. The zero-order chi connectivity index (χ0) is 17.1. The molecule has 130 valence electrons. The molecule has 8 heteroatoms. The summed E-state index contributed by atoms with van der Waals surface area (Å²) >= 11 is 0. The lowest BCUT2D eigenvalue weighted by atomic mass is 10.3. The summed E-state index contributed by atoms with van der Waals surface area (Å²) in [6.07, 6.45) is 1.18. The lowest BCUT2D eigenvalue weighted by Gasteiger charge is -2.22. The highest BCUT2D eigenvalue weighted by Crippen LogP contribution is 2.18. The fourth-order valence-corrected chi connectivity index (χ4v) is 3.12. The molecule has 1 N–H and O–H groups in total. The third-order valence-corrected chi connectivity index (χ3v) is 4.28. The number of furan rings is 1. The average molecular weight is 340 g/mol. The fraction of sp³-hybridized carbons (Fsp3) is 0.353. The van der Waals surface area contributed by atoms with E-state index in [1.54, 1.807) is 10.9 Å². The second-order valence-electron chi connectivity index (χ2n) is 6.14. The Morgan fingerprint density at radius 2 is 1.96 bits per heavy atom. The van der Waals surface area contributed by atoms with Crippen molar-refractivity contribution in [2.24, 2.45) is 0 Å². The molecule has 1 aromatic carbocycles. The van der Waals surface area contributed by atoms with Gasteiger partial charge in [0.15, 0.2) is 0 Å². The number of nitrogens with zero attached hydrogens (tertiary/aromatic N) is 6. The number of aliphatic hydroxyl groups is 1. The molecule has 2 aromatic heterocycles. The Morgan fingerprint density at radius 3 is 2.76 bits per heavy atom. The van der Waals surface area contributed by atoms with E-state index in [1.807, 2.05) is 47.4 Å². The van der Waals surface area contributed by atoms with Gasteiger partial charge in [0.05, 0.1) is 24.6 Å². The number of para-hydroxylation sites is 1. The largest absolute Gasteiger partial charge is 0.468 e. The minimum Gasteiger partial charge on any atom is -0.468 e. The van der Waals surface area contributed by atoms with E-state index >= 15 is 0 Å². The molecule has 3 aromatic rings. The number of aromatic nitrogens is 4. The molecule has 1 aliphatic heterocycles. The van der Waals surface area contributed by atoms with Crippen LogP contribution < -0.4 is 4.90 Å². The normalized spacial score (nSPS) is 19.1. The summed E-state index contributed by atoms with van der Waals surface area (Å²) in [6, 6.07) is 13.6. The van der Waals surface area contributed by atoms with Crippen LogP contribution in [-0.2, 0) is 6.54 Å². The molecule has 0 radical (unpaired) electrons. The van der Waals surface area contributed by atoms with Crippen LogP contribution in [0.2, 0.25) is 0 Å². The first-order valence-electron chi connectivity index (χ1n) is 8.31. The summed E-state index contributed by atoms with van der Waals surface area (Å²) in [5, 5.41) is 22.5. The number of rotatable bonds is 4. The molecular formula is C17H20N6O2. The van der Waals surface area contributed by atoms with Crippen LogP contribution in [0.1, 0.15) is 5.76 Å². The second-order valence-corrected chi connectivity index (χ2v) is 6.14. The third kappa shape index (κ3) is 3.54. The van der Waals surface area contributed by atoms with Crippen LogP contribution in [0.3, 0.4) is 0 Å². The highest BCUT2D eigenvalue weighted by atomic mass is 16.3. The topological polar surface area (TPSA) is 83.4 Å². The molecule has 0 amide bonds. The molecule has 1 fully saturated rings. The maximum absolute atomic E-state index is 10.4. The van der Waals surface area contributed by atoms with Gasteiger partial charge in [-0.1, -0.05) is 23.3 Å². The molecule has 0 bridgehead atoms. The number of benzene rings is 1. The SMILES string of the molecule is O[C@@H]1CN(Cc2ccco2)CCN(c2nnnn2-c2ccccc2)C1. The van der Waals surface area contributed by atoms with Crippen LogP contribution in [-0.4, -0.2) is 62.5 Å². The molecule has 0 aliphatic carbocycles. The van der Waals surface area contributed by atoms with Gasteiger partial charge in [0.2, 0.25) is 0 Å². The van der Waals surface area contributed by atoms with E-state index in [4.69, 9.17) is 4.42 Å². The van der Waals surface area contributed by atoms with E-state index in [9.17, 15) is 5.11 Å². The number of aliphatic hydroxyl groups excluding tert-OH is 1. The molecule has 3 heterocycles. The Bertz CT molecular complexity index is 789. The summed E-state index contributed by atoms with van der Waals surface area (Å²) in [6.45, 7) is 3.28. The molecule has 8 nitrogen and oxygen atoms in total. The Kier molecular flexibility index (Phi) is 4.45. The van der Waals surface area contributed by atoms with E-state index in [2.05, 4.69) is 20.4 Å². The Labute approximate surface area is 145 Å². The Hall–Kier alpha value is -2.71. The van der Waals surface area contributed by atoms with Gasteiger partial charge >= 0.3 is 0 Å². The molecular weight excluding hydrogens is 320 g/mol. The van der Waals surface area contributed by atoms with Crippen LogP contribution in [0.25, 0.3) is 5.69 Å². The van der Waals surface area contributed by atoms with Crippen molar-refractivity contribution in [3.63, 3.8) is 0 Å². The van der Waals surface area contributed by atoms with Gasteiger partial charge in [-0.3, -0.25) is 4.90 Å². The summed E-state index contributed by atoms with van der Waals surface area (Å²) in [4.78, 5) is 4.21. The van der Waals surface area contributed by atoms with Gasteiger partial charge in [-0.15, -0.1) is 0 Å². The van der Waals surface area contributed by atoms with Crippen LogP contribution in [0.4, 0.5) is 5.95 Å². The number of tetrazole rings is 1. The summed E-state index contributed by atoms with van der Waals surface area (Å²) in [5.74, 6) is 1.54. The smallest absolute Gasteiger partial charge is 0.250 e. The Balaban J connectivity index is 1.51. The zero-order valence-corrected chi connectivity index (χ0v) is 13.8. The maximum atomic E-state index is 10.4. The predicted molar refractivity (Wildman–Crippen MR) is 91.4 cm³/mol. The molecule has 25 heavy (non-hydrogen) atoms. The van der Waals surface area contributed by atoms with Gasteiger partial charge in [-0.05, 0) is 34.7 Å². The number of hydrogen-bond donors (Lipinski definition) is 1. The van der Waals surface area contributed by atoms with Gasteiger partial charge in [0, 0.05) is 26.2 Å². The monoisotopic (exact) mass is 340 g/mol. The second kappa shape index (κ2) is 7.04. The van der Waals surface area contributed by atoms with E-state index in [0.29, 0.717) is 25.6 Å². The predicted octanol–water partition coefficient (Wildman–Crippen LogP) is 0.938. The van der Waals surface area contributed by atoms with Crippen molar-refractivity contribution in [3.8, 4) is 5.69 Å². The fourth-order valence-electron chi connectivity index (χ4n) is 3.12. The average Bonchev–Trinajstić information content (AvgIpc) is 3.27. The van der Waals surface area contributed by atoms with Gasteiger partial charge in [0.1, 0.15) is 5.76 Å². The van der Waals surface area contributed by atoms with E-state index < -0.39 is 6.10 Å². The minimum atomic E-state index is -0.488. The number of anilines is 1. The van der Waals surface area contributed by atoms with E-state index in [0.717, 1.165) is 24.5 Å².